The van der Waals surface area contributed by atoms with Crippen LogP contribution in [0.5, 0.6) is 0 Å². The number of piperidine rings is 1. The molecule has 0 aromatic carbocycles. The minimum atomic E-state index is -0.531. The number of esters is 1. The highest BCUT2D eigenvalue weighted by molar-refractivity contribution is 6.00. The highest BCUT2D eigenvalue weighted by atomic mass is 16.5. The number of nitrogens with two attached hydrogens (primary N) is 1. The van der Waals surface area contributed by atoms with Gasteiger partial charge in [-0.15, -0.1) is 0 Å². The number of likely N-dealkylation sites (tertiary alicyclic amines) is 1. The minimum absolute atomic E-state index is 0.245. The van der Waals surface area contributed by atoms with Crippen LogP contribution in [0.4, 0.5) is 5.69 Å². The van der Waals surface area contributed by atoms with Crippen molar-refractivity contribution in [1.82, 2.24) is 14.7 Å². The first-order valence-electron chi connectivity index (χ1n) is 7.22. The molecule has 0 spiro atoms. The molecule has 1 aromatic rings. The molecule has 7 nitrogen and oxygen atoms in total. The number of hydrogen-bond acceptors (Lipinski definition) is 5. The van der Waals surface area contributed by atoms with E-state index in [1.165, 1.54) is 7.11 Å². The van der Waals surface area contributed by atoms with Crippen molar-refractivity contribution in [2.75, 3.05) is 19.4 Å². The molecule has 0 aliphatic carbocycles. The number of nitrogen functional groups attached to an aromatic ring is 1. The van der Waals surface area contributed by atoms with E-state index in [0.717, 1.165) is 12.8 Å². The van der Waals surface area contributed by atoms with Crippen LogP contribution in [0.3, 0.4) is 0 Å². The molecule has 1 fully saturated rings. The van der Waals surface area contributed by atoms with Gasteiger partial charge in [0.2, 0.25) is 0 Å². The molecule has 0 bridgehead atoms. The maximum Gasteiger partial charge on any atom is 0.328 e. The second-order valence-electron chi connectivity index (χ2n) is 5.20. The molecule has 116 valence electrons. The number of carbonyl (C=O) groups is 2. The number of ether oxygens (including phenoxy) is 1. The van der Waals surface area contributed by atoms with Gasteiger partial charge in [0, 0.05) is 13.1 Å². The van der Waals surface area contributed by atoms with Gasteiger partial charge in [-0.1, -0.05) is 0 Å². The Morgan fingerprint density at radius 1 is 1.43 bits per heavy atom. The molecule has 1 aliphatic heterocycles. The monoisotopic (exact) mass is 294 g/mol. The average Bonchev–Trinajstić information content (AvgIpc) is 2.80. The van der Waals surface area contributed by atoms with Crippen molar-refractivity contribution in [2.45, 2.75) is 45.7 Å². The summed E-state index contributed by atoms with van der Waals surface area (Å²) in [5.74, 6) is -0.619. The van der Waals surface area contributed by atoms with Gasteiger partial charge >= 0.3 is 5.97 Å². The van der Waals surface area contributed by atoms with Crippen molar-refractivity contribution < 1.29 is 14.3 Å². The second kappa shape index (κ2) is 6.15. The summed E-state index contributed by atoms with van der Waals surface area (Å²) in [5, 5.41) is 4.26. The fourth-order valence-electron chi connectivity index (χ4n) is 2.74. The Hall–Kier alpha value is -2.05. The SMILES string of the molecule is CCn1nc(C)c(N)c1C(=O)N1CCCCC1C(=O)OC. The summed E-state index contributed by atoms with van der Waals surface area (Å²) in [6.07, 6.45) is 2.40. The van der Waals surface area contributed by atoms with Crippen molar-refractivity contribution in [3.63, 3.8) is 0 Å². The van der Waals surface area contributed by atoms with Crippen LogP contribution in [0.1, 0.15) is 42.4 Å². The Kier molecular flexibility index (Phi) is 4.50. The largest absolute Gasteiger partial charge is 0.467 e. The summed E-state index contributed by atoms with van der Waals surface area (Å²) in [6, 6.07) is -0.531. The van der Waals surface area contributed by atoms with E-state index in [1.54, 1.807) is 16.5 Å². The number of methoxy groups -OCH3 is 1. The Morgan fingerprint density at radius 2 is 2.14 bits per heavy atom. The molecule has 21 heavy (non-hydrogen) atoms. The lowest BCUT2D eigenvalue weighted by molar-refractivity contribution is -0.147. The predicted octanol–water partition coefficient (Wildman–Crippen LogP) is 0.961. The topological polar surface area (TPSA) is 90.5 Å². The summed E-state index contributed by atoms with van der Waals surface area (Å²) < 4.78 is 6.40. The molecule has 0 saturated carbocycles. The van der Waals surface area contributed by atoms with Crippen molar-refractivity contribution in [3.05, 3.63) is 11.4 Å². The molecular formula is C14H22N4O3. The van der Waals surface area contributed by atoms with Crippen molar-refractivity contribution in [2.24, 2.45) is 0 Å². The van der Waals surface area contributed by atoms with Crippen molar-refractivity contribution in [3.8, 4) is 0 Å². The van der Waals surface area contributed by atoms with E-state index in [0.29, 0.717) is 36.6 Å². The first-order valence-corrected chi connectivity index (χ1v) is 7.22. The number of anilines is 1. The number of hydrogen-bond donors (Lipinski definition) is 1. The normalized spacial score (nSPS) is 18.6. The van der Waals surface area contributed by atoms with Crippen LogP contribution in [0.2, 0.25) is 0 Å². The highest BCUT2D eigenvalue weighted by Gasteiger charge is 2.35. The Labute approximate surface area is 124 Å². The second-order valence-corrected chi connectivity index (χ2v) is 5.20. The smallest absolute Gasteiger partial charge is 0.328 e. The molecule has 2 rings (SSSR count). The van der Waals surface area contributed by atoms with Gasteiger partial charge in [0.1, 0.15) is 11.7 Å². The number of aromatic nitrogens is 2. The highest BCUT2D eigenvalue weighted by Crippen LogP contribution is 2.24. The number of rotatable bonds is 3. The lowest BCUT2D eigenvalue weighted by Gasteiger charge is -2.33. The third-order valence-electron chi connectivity index (χ3n) is 3.91. The summed E-state index contributed by atoms with van der Waals surface area (Å²) in [6.45, 7) is 4.75. The number of carbonyl (C=O) groups excluding carboxylic acids is 2. The minimum Gasteiger partial charge on any atom is -0.467 e. The molecule has 1 aromatic heterocycles. The Bertz CT molecular complexity index is 553. The molecule has 2 N–H and O–H groups in total. The summed E-state index contributed by atoms with van der Waals surface area (Å²) in [4.78, 5) is 26.3. The van der Waals surface area contributed by atoms with E-state index < -0.39 is 6.04 Å². The standard InChI is InChI=1S/C14H22N4O3/c1-4-18-12(11(15)9(2)16-18)13(19)17-8-6-5-7-10(17)14(20)21-3/h10H,4-8,15H2,1-3H3. The lowest BCUT2D eigenvalue weighted by atomic mass is 10.0. The van der Waals surface area contributed by atoms with E-state index in [9.17, 15) is 9.59 Å². The van der Waals surface area contributed by atoms with E-state index in [-0.39, 0.29) is 11.9 Å². The third-order valence-corrected chi connectivity index (χ3v) is 3.91. The first-order chi connectivity index (χ1) is 10.0. The zero-order valence-corrected chi connectivity index (χ0v) is 12.8. The van der Waals surface area contributed by atoms with Crippen LogP contribution in [-0.2, 0) is 16.1 Å². The van der Waals surface area contributed by atoms with Gasteiger partial charge < -0.3 is 15.4 Å². The molecule has 2 heterocycles. The van der Waals surface area contributed by atoms with Gasteiger partial charge in [-0.3, -0.25) is 9.48 Å². The summed E-state index contributed by atoms with van der Waals surface area (Å²) >= 11 is 0. The molecule has 1 unspecified atom stereocenters. The van der Waals surface area contributed by atoms with Crippen molar-refractivity contribution in [1.29, 1.82) is 0 Å². The van der Waals surface area contributed by atoms with Crippen molar-refractivity contribution >= 4 is 17.6 Å². The van der Waals surface area contributed by atoms with Gasteiger partial charge in [-0.05, 0) is 33.1 Å². The van der Waals surface area contributed by atoms with E-state index >= 15 is 0 Å². The predicted molar refractivity (Wildman–Crippen MR) is 77.7 cm³/mol. The quantitative estimate of drug-likeness (QED) is 0.839. The van der Waals surface area contributed by atoms with Crippen LogP contribution in [0, 0.1) is 6.92 Å². The average molecular weight is 294 g/mol. The molecular weight excluding hydrogens is 272 g/mol. The molecule has 1 amide bonds. The Morgan fingerprint density at radius 3 is 2.76 bits per heavy atom. The Balaban J connectivity index is 2.35. The zero-order chi connectivity index (χ0) is 15.6. The lowest BCUT2D eigenvalue weighted by Crippen LogP contribution is -2.49. The van der Waals surface area contributed by atoms with Crippen LogP contribution in [0.15, 0.2) is 0 Å². The maximum atomic E-state index is 12.8. The van der Waals surface area contributed by atoms with Gasteiger partial charge in [-0.25, -0.2) is 4.79 Å². The number of aryl methyl sites for hydroxylation is 2. The molecule has 1 atom stereocenters. The van der Waals surface area contributed by atoms with Crippen LogP contribution < -0.4 is 5.73 Å². The van der Waals surface area contributed by atoms with Gasteiger partial charge in [-0.2, -0.15) is 5.10 Å². The van der Waals surface area contributed by atoms with Gasteiger partial charge in [0.25, 0.3) is 5.91 Å². The van der Waals surface area contributed by atoms with Crippen LogP contribution in [0.25, 0.3) is 0 Å². The number of nitrogens with zero attached hydrogens (tertiary/aromatic N) is 3. The van der Waals surface area contributed by atoms with Gasteiger partial charge in [0.05, 0.1) is 18.5 Å². The van der Waals surface area contributed by atoms with E-state index in [2.05, 4.69) is 5.10 Å². The summed E-state index contributed by atoms with van der Waals surface area (Å²) in [5.41, 5.74) is 7.38. The van der Waals surface area contributed by atoms with Gasteiger partial charge in [0.15, 0.2) is 0 Å². The number of amides is 1. The fourth-order valence-corrected chi connectivity index (χ4v) is 2.74. The van der Waals surface area contributed by atoms with E-state index in [4.69, 9.17) is 10.5 Å². The third kappa shape index (κ3) is 2.72. The summed E-state index contributed by atoms with van der Waals surface area (Å²) in [7, 11) is 1.34. The fraction of sp³-hybridized carbons (Fsp3) is 0.643. The molecule has 0 radical (unpaired) electrons. The van der Waals surface area contributed by atoms with E-state index in [1.807, 2.05) is 6.92 Å². The zero-order valence-electron chi connectivity index (χ0n) is 12.8. The molecule has 1 saturated heterocycles. The van der Waals surface area contributed by atoms with Crippen LogP contribution >= 0.6 is 0 Å². The molecule has 7 heteroatoms. The first kappa shape index (κ1) is 15.3. The van der Waals surface area contributed by atoms with Crippen LogP contribution in [-0.4, -0.2) is 46.3 Å². The molecule has 1 aliphatic rings. The maximum absolute atomic E-state index is 12.8.